The summed E-state index contributed by atoms with van der Waals surface area (Å²) in [5.74, 6) is -1.34. The summed E-state index contributed by atoms with van der Waals surface area (Å²) in [7, 11) is 3.96. The molecular formula is C26H24ClN3O3. The molecule has 0 unspecified atom stereocenters. The smallest absolute Gasteiger partial charge is 0.266 e. The summed E-state index contributed by atoms with van der Waals surface area (Å²) >= 11 is 6.13. The lowest BCUT2D eigenvalue weighted by atomic mass is 9.90. The van der Waals surface area contributed by atoms with Crippen molar-refractivity contribution in [1.82, 2.24) is 0 Å². The maximum absolute atomic E-state index is 13.7. The number of para-hydroxylation sites is 1. The van der Waals surface area contributed by atoms with Crippen molar-refractivity contribution >= 4 is 40.5 Å². The molecule has 7 heteroatoms. The van der Waals surface area contributed by atoms with E-state index in [2.05, 4.69) is 0 Å². The molecule has 0 spiro atoms. The Morgan fingerprint density at radius 3 is 2.30 bits per heavy atom. The predicted octanol–water partition coefficient (Wildman–Crippen LogP) is 4.77. The highest BCUT2D eigenvalue weighted by Crippen LogP contribution is 2.48. The molecular weight excluding hydrogens is 438 g/mol. The van der Waals surface area contributed by atoms with E-state index in [9.17, 15) is 9.59 Å². The molecule has 2 saturated heterocycles. The van der Waals surface area contributed by atoms with Crippen LogP contribution in [0.5, 0.6) is 0 Å². The second-order valence-electron chi connectivity index (χ2n) is 8.59. The molecule has 6 nitrogen and oxygen atoms in total. The molecule has 168 valence electrons. The van der Waals surface area contributed by atoms with Gasteiger partial charge in [0.1, 0.15) is 5.92 Å². The van der Waals surface area contributed by atoms with Crippen molar-refractivity contribution in [3.05, 3.63) is 88.9 Å². The summed E-state index contributed by atoms with van der Waals surface area (Å²) in [5, 5.41) is 2.20. The second-order valence-corrected chi connectivity index (χ2v) is 9.02. The van der Waals surface area contributed by atoms with Gasteiger partial charge in [0.05, 0.1) is 17.4 Å². The van der Waals surface area contributed by atoms with E-state index >= 15 is 0 Å². The minimum absolute atomic E-state index is 0.287. The minimum Gasteiger partial charge on any atom is -0.378 e. The summed E-state index contributed by atoms with van der Waals surface area (Å²) in [6, 6.07) is 22.1. The van der Waals surface area contributed by atoms with Gasteiger partial charge in [-0.25, -0.2) is 9.96 Å². The van der Waals surface area contributed by atoms with Gasteiger partial charge >= 0.3 is 0 Å². The fourth-order valence-electron chi connectivity index (χ4n) is 4.61. The molecule has 3 aromatic rings. The Balaban J connectivity index is 1.59. The largest absolute Gasteiger partial charge is 0.378 e. The lowest BCUT2D eigenvalue weighted by Crippen LogP contribution is -2.37. The third-order valence-corrected chi connectivity index (χ3v) is 6.52. The molecule has 2 aliphatic rings. The third-order valence-electron chi connectivity index (χ3n) is 6.29. The zero-order valence-corrected chi connectivity index (χ0v) is 19.4. The van der Waals surface area contributed by atoms with E-state index in [0.29, 0.717) is 10.7 Å². The van der Waals surface area contributed by atoms with Crippen LogP contribution in [-0.2, 0) is 14.4 Å². The van der Waals surface area contributed by atoms with Gasteiger partial charge in [-0.05, 0) is 54.4 Å². The van der Waals surface area contributed by atoms with Gasteiger partial charge in [0.2, 0.25) is 5.91 Å². The van der Waals surface area contributed by atoms with Crippen molar-refractivity contribution in [3.8, 4) is 0 Å². The van der Waals surface area contributed by atoms with E-state index in [4.69, 9.17) is 16.4 Å². The Morgan fingerprint density at radius 2 is 1.64 bits per heavy atom. The second kappa shape index (κ2) is 8.21. The summed E-state index contributed by atoms with van der Waals surface area (Å²) in [6.45, 7) is 1.99. The molecule has 3 aromatic carbocycles. The average Bonchev–Trinajstić information content (AvgIpc) is 3.30. The van der Waals surface area contributed by atoms with E-state index < -0.39 is 18.1 Å². The van der Waals surface area contributed by atoms with Gasteiger partial charge in [-0.15, -0.1) is 0 Å². The number of benzene rings is 3. The van der Waals surface area contributed by atoms with Crippen LogP contribution >= 0.6 is 11.6 Å². The highest BCUT2D eigenvalue weighted by Gasteiger charge is 2.60. The van der Waals surface area contributed by atoms with Crippen LogP contribution < -0.4 is 14.9 Å². The van der Waals surface area contributed by atoms with Crippen molar-refractivity contribution in [2.75, 3.05) is 29.0 Å². The molecule has 0 bridgehead atoms. The van der Waals surface area contributed by atoms with Gasteiger partial charge < -0.3 is 4.90 Å². The molecule has 5 rings (SSSR count). The molecule has 0 aliphatic carbocycles. The number of carbonyl (C=O) groups excluding carboxylic acids is 2. The van der Waals surface area contributed by atoms with Gasteiger partial charge in [0.15, 0.2) is 6.10 Å². The molecule has 0 aromatic heterocycles. The van der Waals surface area contributed by atoms with E-state index in [1.165, 1.54) is 4.90 Å². The van der Waals surface area contributed by atoms with Crippen LogP contribution in [0.2, 0.25) is 5.02 Å². The number of hydroxylamine groups is 1. The summed E-state index contributed by atoms with van der Waals surface area (Å²) < 4.78 is 0. The number of carbonyl (C=O) groups is 2. The molecule has 2 heterocycles. The van der Waals surface area contributed by atoms with E-state index in [-0.39, 0.29) is 11.8 Å². The Morgan fingerprint density at radius 1 is 0.909 bits per heavy atom. The zero-order valence-electron chi connectivity index (χ0n) is 18.6. The lowest BCUT2D eigenvalue weighted by molar-refractivity contribution is -0.126. The molecule has 0 saturated carbocycles. The summed E-state index contributed by atoms with van der Waals surface area (Å²) in [5.41, 5.74) is 4.25. The summed E-state index contributed by atoms with van der Waals surface area (Å²) in [6.07, 6.45) is -0.908. The van der Waals surface area contributed by atoms with E-state index in [1.807, 2.05) is 74.4 Å². The quantitative estimate of drug-likeness (QED) is 0.524. The first-order chi connectivity index (χ1) is 15.9. The Kier molecular flexibility index (Phi) is 5.35. The van der Waals surface area contributed by atoms with Gasteiger partial charge in [-0.1, -0.05) is 48.0 Å². The molecule has 33 heavy (non-hydrogen) atoms. The molecule has 2 amide bonds. The fourth-order valence-corrected chi connectivity index (χ4v) is 4.80. The highest BCUT2D eigenvalue weighted by atomic mass is 35.5. The van der Waals surface area contributed by atoms with Crippen LogP contribution in [0, 0.1) is 12.8 Å². The van der Waals surface area contributed by atoms with Gasteiger partial charge in [0.25, 0.3) is 5.91 Å². The first-order valence-corrected chi connectivity index (χ1v) is 11.2. The van der Waals surface area contributed by atoms with Crippen molar-refractivity contribution in [2.45, 2.75) is 19.1 Å². The Hall–Kier alpha value is -3.35. The maximum Gasteiger partial charge on any atom is 0.266 e. The van der Waals surface area contributed by atoms with Crippen molar-refractivity contribution < 1.29 is 14.4 Å². The number of aryl methyl sites for hydroxylation is 1. The van der Waals surface area contributed by atoms with E-state index in [1.54, 1.807) is 29.3 Å². The molecule has 3 atom stereocenters. The van der Waals surface area contributed by atoms with Crippen LogP contribution in [0.3, 0.4) is 0 Å². The van der Waals surface area contributed by atoms with Crippen molar-refractivity contribution in [3.63, 3.8) is 0 Å². The number of hydrogen-bond donors (Lipinski definition) is 0. The minimum atomic E-state index is -0.908. The molecule has 2 fully saturated rings. The van der Waals surface area contributed by atoms with Crippen LogP contribution in [-0.4, -0.2) is 32.0 Å². The molecule has 0 radical (unpaired) electrons. The first kappa shape index (κ1) is 21.5. The number of hydrogen-bond acceptors (Lipinski definition) is 5. The van der Waals surface area contributed by atoms with Crippen LogP contribution in [0.25, 0.3) is 0 Å². The predicted molar refractivity (Wildman–Crippen MR) is 129 cm³/mol. The molecule has 2 aliphatic heterocycles. The zero-order chi connectivity index (χ0) is 23.3. The number of halogens is 1. The van der Waals surface area contributed by atoms with Gasteiger partial charge in [0, 0.05) is 24.8 Å². The lowest BCUT2D eigenvalue weighted by Gasteiger charge is -2.30. The maximum atomic E-state index is 13.7. The first-order valence-electron chi connectivity index (χ1n) is 10.8. The number of amides is 2. The van der Waals surface area contributed by atoms with E-state index in [0.717, 1.165) is 22.5 Å². The van der Waals surface area contributed by atoms with Crippen LogP contribution in [0.4, 0.5) is 17.1 Å². The highest BCUT2D eigenvalue weighted by molar-refractivity contribution is 6.31. The topological polar surface area (TPSA) is 53.1 Å². The normalized spacial score (nSPS) is 22.1. The number of nitrogens with zero attached hydrogens (tertiary/aromatic N) is 3. The third kappa shape index (κ3) is 3.56. The monoisotopic (exact) mass is 461 g/mol. The van der Waals surface area contributed by atoms with Gasteiger partial charge in [-0.3, -0.25) is 14.4 Å². The average molecular weight is 462 g/mol. The van der Waals surface area contributed by atoms with Crippen molar-refractivity contribution in [1.29, 1.82) is 0 Å². The number of fused-ring (bicyclic) bond motifs is 1. The van der Waals surface area contributed by atoms with Gasteiger partial charge in [-0.2, -0.15) is 0 Å². The summed E-state index contributed by atoms with van der Waals surface area (Å²) in [4.78, 5) is 36.5. The number of imide groups is 1. The Labute approximate surface area is 197 Å². The number of anilines is 3. The van der Waals surface area contributed by atoms with Crippen LogP contribution in [0.15, 0.2) is 72.8 Å². The molecule has 0 N–H and O–H groups in total. The van der Waals surface area contributed by atoms with Crippen LogP contribution in [0.1, 0.15) is 17.2 Å². The SMILES string of the molecule is Cc1ccccc1N1O[C@H]2C(=O)N(c3cccc(Cl)c3)C(=O)[C@@H]2[C@@H]1c1ccc(N(C)C)cc1. The fraction of sp³-hybridized carbons (Fsp3) is 0.231. The number of rotatable bonds is 4. The Bertz CT molecular complexity index is 1230. The van der Waals surface area contributed by atoms with Crippen molar-refractivity contribution in [2.24, 2.45) is 5.92 Å². The standard InChI is InChI=1S/C26H24ClN3O3/c1-16-7-4-5-10-21(16)30-23(17-11-13-19(14-12-17)28(2)3)22-24(33-30)26(32)29(25(22)31)20-9-6-8-18(27)15-20/h4-15,22-24H,1-3H3/t22-,23+,24-/m1/s1.